The van der Waals surface area contributed by atoms with Crippen molar-refractivity contribution in [3.8, 4) is 0 Å². The number of halogens is 1. The molecule has 0 bridgehead atoms. The molecular formula is C15H16BrN3OS. The molecule has 21 heavy (non-hydrogen) atoms. The maximum atomic E-state index is 12.2. The van der Waals surface area contributed by atoms with Crippen LogP contribution in [0.4, 0.5) is 11.5 Å². The minimum absolute atomic E-state index is 0.0930. The molecule has 1 N–H and O–H groups in total. The Bertz CT molecular complexity index is 628. The van der Waals surface area contributed by atoms with Crippen LogP contribution in [0.2, 0.25) is 0 Å². The highest BCUT2D eigenvalue weighted by Gasteiger charge is 2.14. The minimum atomic E-state index is -0.0930. The molecule has 0 spiro atoms. The summed E-state index contributed by atoms with van der Waals surface area (Å²) in [5.41, 5.74) is 1.80. The van der Waals surface area contributed by atoms with Crippen LogP contribution in [-0.4, -0.2) is 24.0 Å². The molecule has 1 saturated heterocycles. The summed E-state index contributed by atoms with van der Waals surface area (Å²) in [4.78, 5) is 19.6. The van der Waals surface area contributed by atoms with Crippen molar-refractivity contribution in [1.29, 1.82) is 0 Å². The molecule has 1 fully saturated rings. The van der Waals surface area contributed by atoms with Crippen molar-refractivity contribution in [2.24, 2.45) is 0 Å². The van der Waals surface area contributed by atoms with Crippen molar-refractivity contribution in [3.63, 3.8) is 0 Å². The van der Waals surface area contributed by atoms with Crippen molar-refractivity contribution >= 4 is 44.7 Å². The van der Waals surface area contributed by atoms with E-state index in [0.717, 1.165) is 33.9 Å². The number of pyridine rings is 1. The second-order valence-electron chi connectivity index (χ2n) is 5.12. The number of carbonyl (C=O) groups is 1. The van der Waals surface area contributed by atoms with Gasteiger partial charge >= 0.3 is 0 Å². The molecule has 0 aliphatic carbocycles. The number of amides is 1. The molecule has 1 aliphatic rings. The predicted octanol–water partition coefficient (Wildman–Crippen LogP) is 4.07. The molecule has 0 saturated carbocycles. The van der Waals surface area contributed by atoms with Gasteiger partial charge in [0.05, 0.1) is 20.5 Å². The van der Waals surface area contributed by atoms with E-state index in [9.17, 15) is 4.79 Å². The highest BCUT2D eigenvalue weighted by atomic mass is 79.9. The normalized spacial score (nSPS) is 14.5. The average Bonchev–Trinajstić information content (AvgIpc) is 3.11. The molecule has 0 atom stereocenters. The number of hydrogen-bond donors (Lipinski definition) is 1. The number of aryl methyl sites for hydroxylation is 1. The lowest BCUT2D eigenvalue weighted by Gasteiger charge is -2.16. The van der Waals surface area contributed by atoms with Gasteiger partial charge in [0.2, 0.25) is 0 Å². The topological polar surface area (TPSA) is 45.2 Å². The fourth-order valence-corrected chi connectivity index (χ4v) is 3.79. The Hall–Kier alpha value is -1.40. The van der Waals surface area contributed by atoms with Crippen molar-refractivity contribution in [2.45, 2.75) is 19.8 Å². The summed E-state index contributed by atoms with van der Waals surface area (Å²) >= 11 is 4.88. The van der Waals surface area contributed by atoms with Gasteiger partial charge < -0.3 is 10.2 Å². The Balaban J connectivity index is 1.68. The maximum Gasteiger partial charge on any atom is 0.265 e. The Kier molecular flexibility index (Phi) is 4.26. The van der Waals surface area contributed by atoms with Crippen LogP contribution >= 0.6 is 27.3 Å². The molecule has 0 unspecified atom stereocenters. The highest BCUT2D eigenvalue weighted by molar-refractivity contribution is 9.11. The maximum absolute atomic E-state index is 12.2. The van der Waals surface area contributed by atoms with Crippen LogP contribution in [0, 0.1) is 6.92 Å². The quantitative estimate of drug-likeness (QED) is 0.891. The van der Waals surface area contributed by atoms with Crippen molar-refractivity contribution < 1.29 is 4.79 Å². The summed E-state index contributed by atoms with van der Waals surface area (Å²) in [7, 11) is 0. The van der Waals surface area contributed by atoms with Gasteiger partial charge in [-0.3, -0.25) is 4.79 Å². The summed E-state index contributed by atoms with van der Waals surface area (Å²) in [6, 6.07) is 5.76. The standard InChI is InChI=1S/C15H16BrN3OS/c1-10-8-12(21-14(10)16)15(20)18-11-4-5-13(17-9-11)19-6-2-3-7-19/h4-5,8-9H,2-3,6-7H2,1H3,(H,18,20). The molecule has 110 valence electrons. The van der Waals surface area contributed by atoms with Gasteiger partial charge in [-0.05, 0) is 59.5 Å². The van der Waals surface area contributed by atoms with Gasteiger partial charge in [-0.25, -0.2) is 4.98 Å². The fourth-order valence-electron chi connectivity index (χ4n) is 2.36. The minimum Gasteiger partial charge on any atom is -0.357 e. The zero-order chi connectivity index (χ0) is 14.8. The molecule has 6 heteroatoms. The largest absolute Gasteiger partial charge is 0.357 e. The Labute approximate surface area is 136 Å². The Morgan fingerprint density at radius 2 is 2.14 bits per heavy atom. The molecule has 2 aromatic rings. The van der Waals surface area contributed by atoms with Crippen LogP contribution < -0.4 is 10.2 Å². The van der Waals surface area contributed by atoms with Gasteiger partial charge in [0.25, 0.3) is 5.91 Å². The van der Waals surface area contributed by atoms with Gasteiger partial charge in [-0.1, -0.05) is 0 Å². The zero-order valence-corrected chi connectivity index (χ0v) is 14.1. The third kappa shape index (κ3) is 3.27. The first-order valence-electron chi connectivity index (χ1n) is 6.92. The van der Waals surface area contributed by atoms with Crippen LogP contribution in [0.15, 0.2) is 28.2 Å². The van der Waals surface area contributed by atoms with Crippen molar-refractivity contribution in [1.82, 2.24) is 4.98 Å². The third-order valence-corrected chi connectivity index (χ3v) is 5.65. The van der Waals surface area contributed by atoms with Crippen molar-refractivity contribution in [2.75, 3.05) is 23.3 Å². The van der Waals surface area contributed by atoms with Gasteiger partial charge in [-0.15, -0.1) is 11.3 Å². The molecule has 0 aromatic carbocycles. The number of rotatable bonds is 3. The smallest absolute Gasteiger partial charge is 0.265 e. The first-order chi connectivity index (χ1) is 10.1. The number of anilines is 2. The molecule has 3 rings (SSSR count). The molecule has 2 aromatic heterocycles. The van der Waals surface area contributed by atoms with E-state index in [2.05, 4.69) is 31.1 Å². The van der Waals surface area contributed by atoms with Gasteiger partial charge in [0.1, 0.15) is 5.82 Å². The van der Waals surface area contributed by atoms with E-state index in [1.807, 2.05) is 25.1 Å². The van der Waals surface area contributed by atoms with Gasteiger partial charge in [0.15, 0.2) is 0 Å². The lowest BCUT2D eigenvalue weighted by molar-refractivity contribution is 0.103. The number of thiophene rings is 1. The van der Waals surface area contributed by atoms with E-state index in [-0.39, 0.29) is 5.91 Å². The van der Waals surface area contributed by atoms with E-state index < -0.39 is 0 Å². The number of hydrogen-bond acceptors (Lipinski definition) is 4. The average molecular weight is 366 g/mol. The van der Waals surface area contributed by atoms with E-state index in [0.29, 0.717) is 4.88 Å². The third-order valence-electron chi connectivity index (χ3n) is 3.52. The molecule has 0 radical (unpaired) electrons. The highest BCUT2D eigenvalue weighted by Crippen LogP contribution is 2.28. The summed E-state index contributed by atoms with van der Waals surface area (Å²) in [5, 5.41) is 2.89. The van der Waals surface area contributed by atoms with Crippen LogP contribution in [-0.2, 0) is 0 Å². The summed E-state index contributed by atoms with van der Waals surface area (Å²) in [5.74, 6) is 0.893. The second kappa shape index (κ2) is 6.15. The number of nitrogens with zero attached hydrogens (tertiary/aromatic N) is 2. The number of carbonyl (C=O) groups excluding carboxylic acids is 1. The van der Waals surface area contributed by atoms with E-state index in [4.69, 9.17) is 0 Å². The van der Waals surface area contributed by atoms with Gasteiger partial charge in [0, 0.05) is 13.1 Å². The van der Waals surface area contributed by atoms with E-state index in [1.54, 1.807) is 6.20 Å². The summed E-state index contributed by atoms with van der Waals surface area (Å²) in [6.45, 7) is 4.12. The summed E-state index contributed by atoms with van der Waals surface area (Å²) in [6.07, 6.45) is 4.18. The molecule has 3 heterocycles. The van der Waals surface area contributed by atoms with E-state index >= 15 is 0 Å². The second-order valence-corrected chi connectivity index (χ2v) is 7.49. The molecule has 1 amide bonds. The lowest BCUT2D eigenvalue weighted by atomic mass is 10.3. The molecular weight excluding hydrogens is 350 g/mol. The number of aromatic nitrogens is 1. The van der Waals surface area contributed by atoms with Crippen LogP contribution in [0.3, 0.4) is 0 Å². The lowest BCUT2D eigenvalue weighted by Crippen LogP contribution is -2.19. The Morgan fingerprint density at radius 3 is 2.71 bits per heavy atom. The monoisotopic (exact) mass is 365 g/mol. The van der Waals surface area contributed by atoms with Crippen LogP contribution in [0.5, 0.6) is 0 Å². The van der Waals surface area contributed by atoms with Gasteiger partial charge in [-0.2, -0.15) is 0 Å². The van der Waals surface area contributed by atoms with Crippen LogP contribution in [0.1, 0.15) is 28.1 Å². The molecule has 4 nitrogen and oxygen atoms in total. The predicted molar refractivity (Wildman–Crippen MR) is 90.4 cm³/mol. The molecule has 1 aliphatic heterocycles. The number of nitrogens with one attached hydrogen (secondary N) is 1. The fraction of sp³-hybridized carbons (Fsp3) is 0.333. The van der Waals surface area contributed by atoms with Crippen molar-refractivity contribution in [3.05, 3.63) is 38.6 Å². The first kappa shape index (κ1) is 14.5. The summed E-state index contributed by atoms with van der Waals surface area (Å²) < 4.78 is 0.996. The first-order valence-corrected chi connectivity index (χ1v) is 8.53. The van der Waals surface area contributed by atoms with E-state index in [1.165, 1.54) is 24.2 Å². The van der Waals surface area contributed by atoms with Crippen LogP contribution in [0.25, 0.3) is 0 Å². The zero-order valence-electron chi connectivity index (χ0n) is 11.7. The SMILES string of the molecule is Cc1cc(C(=O)Nc2ccc(N3CCCC3)nc2)sc1Br. The Morgan fingerprint density at radius 1 is 1.38 bits per heavy atom.